The number of nitrogens with one attached hydrogen (secondary N) is 1. The van der Waals surface area contributed by atoms with Crippen molar-refractivity contribution in [3.63, 3.8) is 0 Å². The zero-order valence-electron chi connectivity index (χ0n) is 13.8. The lowest BCUT2D eigenvalue weighted by atomic mass is 9.67. The van der Waals surface area contributed by atoms with Gasteiger partial charge in [0, 0.05) is 31.2 Å². The van der Waals surface area contributed by atoms with Crippen LogP contribution in [0.25, 0.3) is 0 Å². The monoisotopic (exact) mass is 276 g/mol. The molecule has 114 valence electrons. The Morgan fingerprint density at radius 2 is 1.85 bits per heavy atom. The largest absolute Gasteiger partial charge is 0.311 e. The first-order chi connectivity index (χ1) is 9.42. The molecule has 1 aliphatic heterocycles. The Labute approximate surface area is 124 Å². The molecule has 2 nitrogen and oxygen atoms in total. The van der Waals surface area contributed by atoms with Crippen LogP contribution in [0.5, 0.6) is 0 Å². The molecule has 20 heavy (non-hydrogen) atoms. The predicted octanol–water partition coefficient (Wildman–Crippen LogP) is 3.27. The van der Waals surface area contributed by atoms with Crippen molar-refractivity contribution in [2.45, 2.75) is 77.9 Å². The summed E-state index contributed by atoms with van der Waals surface area (Å²) in [6, 6.07) is 2.31. The molecule has 0 amide bonds. The summed E-state index contributed by atoms with van der Waals surface area (Å²) in [6.07, 6.45) is 7.36. The standard InChI is InChI=1S/C18H32N2/c1-12-10-19-15(13-5-6-13)11-20(12)16-17(2,3)14-7-8-18(16,4)9-14/h12-16,19H,5-11H2,1-4H3. The van der Waals surface area contributed by atoms with E-state index in [0.717, 1.165) is 23.9 Å². The molecule has 4 aliphatic rings. The van der Waals surface area contributed by atoms with Crippen molar-refractivity contribution in [3.8, 4) is 0 Å². The van der Waals surface area contributed by atoms with Gasteiger partial charge in [-0.3, -0.25) is 4.90 Å². The minimum Gasteiger partial charge on any atom is -0.311 e. The second kappa shape index (κ2) is 4.23. The molecule has 4 fully saturated rings. The van der Waals surface area contributed by atoms with Crippen molar-refractivity contribution in [2.75, 3.05) is 13.1 Å². The summed E-state index contributed by atoms with van der Waals surface area (Å²) in [5, 5.41) is 3.83. The Morgan fingerprint density at radius 3 is 2.45 bits per heavy atom. The molecule has 1 saturated heterocycles. The minimum absolute atomic E-state index is 0.521. The summed E-state index contributed by atoms with van der Waals surface area (Å²) >= 11 is 0. The van der Waals surface area contributed by atoms with Gasteiger partial charge in [-0.2, -0.15) is 0 Å². The van der Waals surface area contributed by atoms with Crippen LogP contribution < -0.4 is 5.32 Å². The molecule has 0 spiro atoms. The second-order valence-electron chi connectivity index (χ2n) is 9.22. The number of nitrogens with zero attached hydrogens (tertiary/aromatic N) is 1. The maximum atomic E-state index is 3.83. The van der Waals surface area contributed by atoms with Crippen LogP contribution in [-0.4, -0.2) is 36.1 Å². The molecule has 0 radical (unpaired) electrons. The highest BCUT2D eigenvalue weighted by Crippen LogP contribution is 2.64. The summed E-state index contributed by atoms with van der Waals surface area (Å²) in [5.41, 5.74) is 1.11. The van der Waals surface area contributed by atoms with Gasteiger partial charge in [0.05, 0.1) is 0 Å². The average molecular weight is 276 g/mol. The van der Waals surface area contributed by atoms with Gasteiger partial charge in [0.25, 0.3) is 0 Å². The molecule has 1 N–H and O–H groups in total. The number of hydrogen-bond donors (Lipinski definition) is 1. The molecule has 3 saturated carbocycles. The lowest BCUT2D eigenvalue weighted by Crippen LogP contribution is -2.64. The van der Waals surface area contributed by atoms with E-state index in [1.165, 1.54) is 45.2 Å². The molecular weight excluding hydrogens is 244 g/mol. The number of hydrogen-bond acceptors (Lipinski definition) is 2. The van der Waals surface area contributed by atoms with E-state index in [9.17, 15) is 0 Å². The second-order valence-corrected chi connectivity index (χ2v) is 9.22. The van der Waals surface area contributed by atoms with Gasteiger partial charge in [-0.15, -0.1) is 0 Å². The molecule has 0 aromatic carbocycles. The van der Waals surface area contributed by atoms with Gasteiger partial charge in [0.15, 0.2) is 0 Å². The van der Waals surface area contributed by atoms with Gasteiger partial charge < -0.3 is 5.32 Å². The van der Waals surface area contributed by atoms with Crippen molar-refractivity contribution in [3.05, 3.63) is 0 Å². The lowest BCUT2D eigenvalue weighted by Gasteiger charge is -2.54. The maximum absolute atomic E-state index is 3.83. The minimum atomic E-state index is 0.521. The SMILES string of the molecule is CC1CNC(C2CC2)CN1C1C2(C)CCC(C2)C1(C)C. The van der Waals surface area contributed by atoms with E-state index in [1.807, 2.05) is 0 Å². The summed E-state index contributed by atoms with van der Waals surface area (Å²) in [7, 11) is 0. The van der Waals surface area contributed by atoms with E-state index in [4.69, 9.17) is 0 Å². The van der Waals surface area contributed by atoms with Crippen LogP contribution in [0.2, 0.25) is 0 Å². The summed E-state index contributed by atoms with van der Waals surface area (Å²) in [4.78, 5) is 2.93. The summed E-state index contributed by atoms with van der Waals surface area (Å²) < 4.78 is 0. The van der Waals surface area contributed by atoms with E-state index in [1.54, 1.807) is 0 Å². The zero-order valence-corrected chi connectivity index (χ0v) is 13.8. The molecule has 2 heteroatoms. The van der Waals surface area contributed by atoms with Crippen LogP contribution in [-0.2, 0) is 0 Å². The van der Waals surface area contributed by atoms with Crippen molar-refractivity contribution < 1.29 is 0 Å². The molecule has 5 unspecified atom stereocenters. The van der Waals surface area contributed by atoms with Gasteiger partial charge in [0.2, 0.25) is 0 Å². The van der Waals surface area contributed by atoms with E-state index in [2.05, 4.69) is 37.9 Å². The fraction of sp³-hybridized carbons (Fsp3) is 1.00. The summed E-state index contributed by atoms with van der Waals surface area (Å²) in [5.74, 6) is 1.96. The Bertz CT molecular complexity index is 395. The first-order valence-electron chi connectivity index (χ1n) is 8.91. The molecule has 0 aromatic heterocycles. The Kier molecular flexibility index (Phi) is 2.87. The fourth-order valence-electron chi connectivity index (χ4n) is 6.19. The Morgan fingerprint density at radius 1 is 1.10 bits per heavy atom. The average Bonchev–Trinajstić information content (AvgIpc) is 3.11. The van der Waals surface area contributed by atoms with E-state index in [0.29, 0.717) is 16.9 Å². The van der Waals surface area contributed by atoms with Gasteiger partial charge in [-0.05, 0) is 61.7 Å². The van der Waals surface area contributed by atoms with Gasteiger partial charge in [-0.1, -0.05) is 20.8 Å². The topological polar surface area (TPSA) is 15.3 Å². The molecule has 2 bridgehead atoms. The zero-order chi connectivity index (χ0) is 14.1. The van der Waals surface area contributed by atoms with Crippen molar-refractivity contribution in [2.24, 2.45) is 22.7 Å². The van der Waals surface area contributed by atoms with Gasteiger partial charge >= 0.3 is 0 Å². The van der Waals surface area contributed by atoms with E-state index < -0.39 is 0 Å². The smallest absolute Gasteiger partial charge is 0.0224 e. The Balaban J connectivity index is 1.61. The number of piperazine rings is 1. The normalized spacial score (nSPS) is 51.6. The molecule has 4 rings (SSSR count). The third-order valence-electron chi connectivity index (χ3n) is 7.37. The van der Waals surface area contributed by atoms with Gasteiger partial charge in [-0.25, -0.2) is 0 Å². The first-order valence-corrected chi connectivity index (χ1v) is 8.91. The first kappa shape index (κ1) is 13.6. The van der Waals surface area contributed by atoms with Crippen molar-refractivity contribution in [1.82, 2.24) is 10.2 Å². The third-order valence-corrected chi connectivity index (χ3v) is 7.37. The number of rotatable bonds is 2. The van der Waals surface area contributed by atoms with Crippen molar-refractivity contribution >= 4 is 0 Å². The molecule has 1 heterocycles. The summed E-state index contributed by atoms with van der Waals surface area (Å²) in [6.45, 7) is 12.7. The predicted molar refractivity (Wildman–Crippen MR) is 83.7 cm³/mol. The highest BCUT2D eigenvalue weighted by molar-refractivity contribution is 5.14. The van der Waals surface area contributed by atoms with Crippen LogP contribution in [0.1, 0.15) is 59.8 Å². The van der Waals surface area contributed by atoms with E-state index in [-0.39, 0.29) is 0 Å². The van der Waals surface area contributed by atoms with Gasteiger partial charge in [0.1, 0.15) is 0 Å². The Hall–Kier alpha value is -0.0800. The molecular formula is C18H32N2. The lowest BCUT2D eigenvalue weighted by molar-refractivity contribution is -0.0376. The van der Waals surface area contributed by atoms with Crippen molar-refractivity contribution in [1.29, 1.82) is 0 Å². The number of fused-ring (bicyclic) bond motifs is 2. The highest BCUT2D eigenvalue weighted by atomic mass is 15.3. The quantitative estimate of drug-likeness (QED) is 0.833. The fourth-order valence-corrected chi connectivity index (χ4v) is 6.19. The van der Waals surface area contributed by atoms with Crippen LogP contribution in [0.15, 0.2) is 0 Å². The molecule has 0 aromatic rings. The maximum Gasteiger partial charge on any atom is 0.0224 e. The molecule has 3 aliphatic carbocycles. The van der Waals surface area contributed by atoms with E-state index >= 15 is 0 Å². The van der Waals surface area contributed by atoms with Crippen LogP contribution in [0.4, 0.5) is 0 Å². The third kappa shape index (κ3) is 1.83. The highest BCUT2D eigenvalue weighted by Gasteiger charge is 2.62. The molecule has 5 atom stereocenters. The van der Waals surface area contributed by atoms with Crippen LogP contribution in [0, 0.1) is 22.7 Å². The van der Waals surface area contributed by atoms with Crippen LogP contribution in [0.3, 0.4) is 0 Å². The van der Waals surface area contributed by atoms with Crippen LogP contribution >= 0.6 is 0 Å².